The number of carbonyl (C=O) groups is 1. The Bertz CT molecular complexity index is 1210. The molecule has 1 N–H and O–H groups in total. The van der Waals surface area contributed by atoms with Crippen LogP contribution in [0.15, 0.2) is 77.7 Å². The monoisotopic (exact) mass is 438 g/mol. The molecule has 0 fully saturated rings. The third kappa shape index (κ3) is 4.52. The van der Waals surface area contributed by atoms with E-state index in [1.54, 1.807) is 36.4 Å². The minimum atomic E-state index is -3.89. The van der Waals surface area contributed by atoms with E-state index in [-0.39, 0.29) is 30.2 Å². The van der Waals surface area contributed by atoms with Crippen molar-refractivity contribution in [2.75, 3.05) is 0 Å². The van der Waals surface area contributed by atoms with Crippen molar-refractivity contribution in [3.63, 3.8) is 0 Å². The highest BCUT2D eigenvalue weighted by atomic mass is 32.2. The molecule has 1 amide bonds. The lowest BCUT2D eigenvalue weighted by Gasteiger charge is -2.35. The second-order valence-electron chi connectivity index (χ2n) is 7.70. The molecule has 0 bridgehead atoms. The van der Waals surface area contributed by atoms with Gasteiger partial charge in [-0.3, -0.25) is 4.79 Å². The van der Waals surface area contributed by atoms with Crippen molar-refractivity contribution in [3.05, 3.63) is 101 Å². The van der Waals surface area contributed by atoms with Gasteiger partial charge in [-0.15, -0.1) is 0 Å². The van der Waals surface area contributed by atoms with Gasteiger partial charge in [0.2, 0.25) is 15.9 Å². The highest BCUT2D eigenvalue weighted by Gasteiger charge is 2.39. The lowest BCUT2D eigenvalue weighted by atomic mass is 9.95. The number of nitrogens with zero attached hydrogens (tertiary/aromatic N) is 1. The maximum Gasteiger partial charge on any atom is 0.244 e. The number of sulfonamides is 1. The van der Waals surface area contributed by atoms with E-state index in [9.17, 15) is 17.6 Å². The average Bonchev–Trinajstić information content (AvgIpc) is 2.77. The average molecular weight is 439 g/mol. The molecule has 0 saturated heterocycles. The fourth-order valence-electron chi connectivity index (χ4n) is 3.77. The van der Waals surface area contributed by atoms with Gasteiger partial charge < -0.3 is 5.32 Å². The number of rotatable bonds is 5. The summed E-state index contributed by atoms with van der Waals surface area (Å²) in [7, 11) is -3.89. The Kier molecular flexibility index (Phi) is 5.89. The normalized spacial score (nSPS) is 16.5. The van der Waals surface area contributed by atoms with Gasteiger partial charge in [0.05, 0.1) is 4.90 Å². The standard InChI is InChI=1S/C24H23FN2O3S/c1-17-9-11-22(12-10-17)31(29,30)27-16-20-7-3-2-6-19(20)14-23(27)24(28)26-15-18-5-4-8-21(25)13-18/h2-13,23H,14-16H2,1H3,(H,26,28). The van der Waals surface area contributed by atoms with Crippen LogP contribution in [0.4, 0.5) is 4.39 Å². The number of aryl methyl sites for hydroxylation is 1. The maximum atomic E-state index is 13.4. The van der Waals surface area contributed by atoms with Gasteiger partial charge in [0.15, 0.2) is 0 Å². The Morgan fingerprint density at radius 3 is 2.45 bits per heavy atom. The van der Waals surface area contributed by atoms with Crippen LogP contribution in [-0.2, 0) is 34.3 Å². The molecule has 31 heavy (non-hydrogen) atoms. The highest BCUT2D eigenvalue weighted by Crippen LogP contribution is 2.29. The van der Waals surface area contributed by atoms with Gasteiger partial charge in [0.1, 0.15) is 11.9 Å². The topological polar surface area (TPSA) is 66.5 Å². The summed E-state index contributed by atoms with van der Waals surface area (Å²) in [4.78, 5) is 13.3. The zero-order valence-corrected chi connectivity index (χ0v) is 17.9. The predicted octanol–water partition coefficient (Wildman–Crippen LogP) is 3.57. The Morgan fingerprint density at radius 1 is 1.03 bits per heavy atom. The quantitative estimate of drug-likeness (QED) is 0.662. The molecule has 7 heteroatoms. The Morgan fingerprint density at radius 2 is 1.74 bits per heavy atom. The van der Waals surface area contributed by atoms with Gasteiger partial charge in [-0.2, -0.15) is 4.31 Å². The molecule has 3 aromatic rings. The number of hydrogen-bond acceptors (Lipinski definition) is 3. The van der Waals surface area contributed by atoms with Crippen molar-refractivity contribution in [3.8, 4) is 0 Å². The van der Waals surface area contributed by atoms with Crippen LogP contribution in [0.2, 0.25) is 0 Å². The number of hydrogen-bond donors (Lipinski definition) is 1. The molecule has 1 aliphatic rings. The summed E-state index contributed by atoms with van der Waals surface area (Å²) >= 11 is 0. The molecule has 0 spiro atoms. The smallest absolute Gasteiger partial charge is 0.244 e. The Balaban J connectivity index is 1.64. The number of benzene rings is 3. The fourth-order valence-corrected chi connectivity index (χ4v) is 5.34. The maximum absolute atomic E-state index is 13.4. The molecule has 160 valence electrons. The van der Waals surface area contributed by atoms with E-state index >= 15 is 0 Å². The Hall–Kier alpha value is -3.03. The molecule has 3 aromatic carbocycles. The first-order valence-electron chi connectivity index (χ1n) is 10.0. The zero-order valence-electron chi connectivity index (χ0n) is 17.1. The third-order valence-electron chi connectivity index (χ3n) is 5.49. The summed E-state index contributed by atoms with van der Waals surface area (Å²) in [5.74, 6) is -0.795. The van der Waals surface area contributed by atoms with Gasteiger partial charge in [-0.05, 0) is 54.3 Å². The SMILES string of the molecule is Cc1ccc(S(=O)(=O)N2Cc3ccccc3CC2C(=O)NCc2cccc(F)c2)cc1. The Labute approximate surface area is 181 Å². The van der Waals surface area contributed by atoms with Crippen molar-refractivity contribution in [1.82, 2.24) is 9.62 Å². The van der Waals surface area contributed by atoms with Crippen LogP contribution in [0.5, 0.6) is 0 Å². The molecule has 0 aliphatic carbocycles. The van der Waals surface area contributed by atoms with E-state index in [1.807, 2.05) is 31.2 Å². The molecule has 1 aliphatic heterocycles. The summed E-state index contributed by atoms with van der Waals surface area (Å²) in [6.07, 6.45) is 0.274. The van der Waals surface area contributed by atoms with E-state index in [4.69, 9.17) is 0 Å². The van der Waals surface area contributed by atoms with E-state index < -0.39 is 22.0 Å². The van der Waals surface area contributed by atoms with Crippen LogP contribution >= 0.6 is 0 Å². The molecular weight excluding hydrogens is 415 g/mol. The van der Waals surface area contributed by atoms with Gasteiger partial charge in [-0.1, -0.05) is 54.1 Å². The zero-order chi connectivity index (χ0) is 22.0. The lowest BCUT2D eigenvalue weighted by molar-refractivity contribution is -0.125. The third-order valence-corrected chi connectivity index (χ3v) is 7.36. The van der Waals surface area contributed by atoms with E-state index in [0.29, 0.717) is 5.56 Å². The lowest BCUT2D eigenvalue weighted by Crippen LogP contribution is -2.52. The van der Waals surface area contributed by atoms with Gasteiger partial charge in [-0.25, -0.2) is 12.8 Å². The van der Waals surface area contributed by atoms with Crippen LogP contribution in [-0.4, -0.2) is 24.7 Å². The first-order valence-corrected chi connectivity index (χ1v) is 11.5. The van der Waals surface area contributed by atoms with E-state index in [2.05, 4.69) is 5.32 Å². The molecular formula is C24H23FN2O3S. The second kappa shape index (κ2) is 8.61. The van der Waals surface area contributed by atoms with Crippen LogP contribution in [0.1, 0.15) is 22.3 Å². The summed E-state index contributed by atoms with van der Waals surface area (Å²) in [6, 6.07) is 19.2. The summed E-state index contributed by atoms with van der Waals surface area (Å²) in [6.45, 7) is 2.12. The molecule has 5 nitrogen and oxygen atoms in total. The van der Waals surface area contributed by atoms with Crippen molar-refractivity contribution in [2.45, 2.75) is 37.4 Å². The van der Waals surface area contributed by atoms with Crippen LogP contribution in [0, 0.1) is 12.7 Å². The van der Waals surface area contributed by atoms with E-state index in [0.717, 1.165) is 16.7 Å². The minimum Gasteiger partial charge on any atom is -0.351 e. The first-order chi connectivity index (χ1) is 14.8. The molecule has 4 rings (SSSR count). The van der Waals surface area contributed by atoms with Gasteiger partial charge in [0.25, 0.3) is 0 Å². The second-order valence-corrected chi connectivity index (χ2v) is 9.59. The highest BCUT2D eigenvalue weighted by molar-refractivity contribution is 7.89. The van der Waals surface area contributed by atoms with Crippen molar-refractivity contribution >= 4 is 15.9 Å². The number of carbonyl (C=O) groups excluding carboxylic acids is 1. The summed E-state index contributed by atoms with van der Waals surface area (Å²) in [5.41, 5.74) is 3.39. The van der Waals surface area contributed by atoms with Crippen LogP contribution in [0.25, 0.3) is 0 Å². The molecule has 0 saturated carbocycles. The van der Waals surface area contributed by atoms with E-state index in [1.165, 1.54) is 16.4 Å². The van der Waals surface area contributed by atoms with Crippen molar-refractivity contribution < 1.29 is 17.6 Å². The first kappa shape index (κ1) is 21.2. The van der Waals surface area contributed by atoms with Gasteiger partial charge in [0, 0.05) is 13.1 Å². The molecule has 1 unspecified atom stereocenters. The molecule has 1 atom stereocenters. The molecule has 1 heterocycles. The minimum absolute atomic E-state index is 0.116. The van der Waals surface area contributed by atoms with Crippen LogP contribution in [0.3, 0.4) is 0 Å². The summed E-state index contributed by atoms with van der Waals surface area (Å²) < 4.78 is 41.6. The number of nitrogens with one attached hydrogen (secondary N) is 1. The number of fused-ring (bicyclic) bond motifs is 1. The van der Waals surface area contributed by atoms with Crippen LogP contribution < -0.4 is 5.32 Å². The largest absolute Gasteiger partial charge is 0.351 e. The number of halogens is 1. The van der Waals surface area contributed by atoms with Crippen molar-refractivity contribution in [1.29, 1.82) is 0 Å². The van der Waals surface area contributed by atoms with Gasteiger partial charge >= 0.3 is 0 Å². The van der Waals surface area contributed by atoms with Crippen molar-refractivity contribution in [2.24, 2.45) is 0 Å². The fraction of sp³-hybridized carbons (Fsp3) is 0.208. The number of amides is 1. The predicted molar refractivity (Wildman–Crippen MR) is 116 cm³/mol. The molecule has 0 radical (unpaired) electrons. The summed E-state index contributed by atoms with van der Waals surface area (Å²) in [5, 5.41) is 2.78. The molecule has 0 aromatic heterocycles.